The Bertz CT molecular complexity index is 2120. The van der Waals surface area contributed by atoms with Crippen molar-refractivity contribution in [3.05, 3.63) is 104 Å². The van der Waals surface area contributed by atoms with Crippen LogP contribution in [0.3, 0.4) is 0 Å². The van der Waals surface area contributed by atoms with Gasteiger partial charge in [0, 0.05) is 40.6 Å². The highest BCUT2D eigenvalue weighted by atomic mass is 16.3. The normalized spacial score (nSPS) is 12.1. The first-order chi connectivity index (χ1) is 22.7. The highest BCUT2D eigenvalue weighted by Gasteiger charge is 2.26. The lowest BCUT2D eigenvalue weighted by Gasteiger charge is -2.26. The largest absolute Gasteiger partial charge is 0.507 e. The predicted octanol–water partition coefficient (Wildman–Crippen LogP) is 9.46. The van der Waals surface area contributed by atoms with Gasteiger partial charge in [-0.15, -0.1) is 0 Å². The van der Waals surface area contributed by atoms with Crippen molar-refractivity contribution < 1.29 is 30.0 Å². The Morgan fingerprint density at radius 1 is 0.592 bits per heavy atom. The minimum Gasteiger partial charge on any atom is -0.507 e. The summed E-state index contributed by atoms with van der Waals surface area (Å²) in [5.74, 6) is -1.49. The molecule has 0 bridgehead atoms. The van der Waals surface area contributed by atoms with Crippen LogP contribution in [0.4, 0.5) is 0 Å². The van der Waals surface area contributed by atoms with E-state index < -0.39 is 0 Å². The van der Waals surface area contributed by atoms with Gasteiger partial charge in [0.05, 0.1) is 11.1 Å². The highest BCUT2D eigenvalue weighted by molar-refractivity contribution is 5.99. The maximum atomic E-state index is 12.5. The number of ketones is 2. The molecule has 0 aliphatic carbocycles. The van der Waals surface area contributed by atoms with Crippen molar-refractivity contribution in [1.82, 2.24) is 4.98 Å². The number of Topliss-reactive ketones (excluding diaryl/α,β-unsaturated/α-hetero) is 2. The molecule has 1 heterocycles. The van der Waals surface area contributed by atoms with Crippen molar-refractivity contribution in [2.45, 2.75) is 92.9 Å². The number of rotatable bonds is 7. The van der Waals surface area contributed by atoms with Gasteiger partial charge in [0.25, 0.3) is 0 Å². The molecule has 0 aliphatic heterocycles. The van der Waals surface area contributed by atoms with E-state index in [0.717, 1.165) is 22.0 Å². The van der Waals surface area contributed by atoms with E-state index in [-0.39, 0.29) is 80.5 Å². The van der Waals surface area contributed by atoms with Gasteiger partial charge in [-0.1, -0.05) is 65.8 Å². The quantitative estimate of drug-likeness (QED) is 0.110. The monoisotopic (exact) mass is 661 g/mol. The summed E-state index contributed by atoms with van der Waals surface area (Å²) in [7, 11) is 0. The van der Waals surface area contributed by atoms with Gasteiger partial charge in [0.15, 0.2) is 11.6 Å². The van der Waals surface area contributed by atoms with Crippen LogP contribution in [-0.2, 0) is 23.7 Å². The molecule has 7 heteroatoms. The number of carbonyl (C=O) groups is 2. The van der Waals surface area contributed by atoms with E-state index in [1.165, 1.54) is 37.1 Å². The zero-order chi connectivity index (χ0) is 36.3. The standard InChI is InChI=1S/C42H47NO6/c1-21-13-29(23(3)44)39(48)33(37(21)46)19-32-31-17-25(26-15-27(41(5,6)7)18-28(16-26)42(8,9)10)11-12-35(31)43-36(32)20-34-38(47)22(2)14-30(24(4)45)40(34)49/h11-18,43,46-49H,19-20H2,1-10H3. The van der Waals surface area contributed by atoms with Crippen molar-refractivity contribution in [3.8, 4) is 34.1 Å². The second-order valence-corrected chi connectivity index (χ2v) is 15.4. The van der Waals surface area contributed by atoms with Gasteiger partial charge in [0.1, 0.15) is 23.0 Å². The summed E-state index contributed by atoms with van der Waals surface area (Å²) in [4.78, 5) is 28.3. The topological polar surface area (TPSA) is 131 Å². The molecule has 0 saturated carbocycles. The number of benzene rings is 4. The van der Waals surface area contributed by atoms with Crippen LogP contribution in [0, 0.1) is 13.8 Å². The Kier molecular flexibility index (Phi) is 8.96. The van der Waals surface area contributed by atoms with Gasteiger partial charge in [-0.2, -0.15) is 0 Å². The molecular weight excluding hydrogens is 614 g/mol. The Balaban J connectivity index is 1.80. The minimum absolute atomic E-state index is 0.0273. The zero-order valence-corrected chi connectivity index (χ0v) is 30.1. The number of aromatic amines is 1. The lowest BCUT2D eigenvalue weighted by molar-refractivity contribution is 0.100. The molecule has 7 nitrogen and oxygen atoms in total. The average Bonchev–Trinajstić information content (AvgIpc) is 3.35. The van der Waals surface area contributed by atoms with E-state index >= 15 is 0 Å². The van der Waals surface area contributed by atoms with E-state index in [4.69, 9.17) is 0 Å². The molecule has 5 rings (SSSR count). The number of hydrogen-bond donors (Lipinski definition) is 5. The summed E-state index contributed by atoms with van der Waals surface area (Å²) >= 11 is 0. The van der Waals surface area contributed by atoms with Crippen molar-refractivity contribution in [2.24, 2.45) is 0 Å². The van der Waals surface area contributed by atoms with Crippen molar-refractivity contribution in [3.63, 3.8) is 0 Å². The minimum atomic E-state index is -0.332. The maximum Gasteiger partial charge on any atom is 0.163 e. The van der Waals surface area contributed by atoms with E-state index in [9.17, 15) is 30.0 Å². The predicted molar refractivity (Wildman–Crippen MR) is 196 cm³/mol. The van der Waals surface area contributed by atoms with Gasteiger partial charge in [-0.25, -0.2) is 0 Å². The van der Waals surface area contributed by atoms with Crippen molar-refractivity contribution >= 4 is 22.5 Å². The molecule has 0 unspecified atom stereocenters. The number of nitrogens with one attached hydrogen (secondary N) is 1. The first kappa shape index (κ1) is 35.3. The molecule has 0 aliphatic rings. The molecule has 0 fully saturated rings. The fraction of sp³-hybridized carbons (Fsp3) is 0.333. The fourth-order valence-corrected chi connectivity index (χ4v) is 6.45. The molecule has 1 aromatic heterocycles. The van der Waals surface area contributed by atoms with E-state index in [0.29, 0.717) is 22.4 Å². The Labute approximate surface area is 288 Å². The number of aromatic nitrogens is 1. The van der Waals surface area contributed by atoms with E-state index in [2.05, 4.69) is 70.8 Å². The summed E-state index contributed by atoms with van der Waals surface area (Å²) in [5.41, 5.74) is 7.87. The zero-order valence-electron chi connectivity index (χ0n) is 30.1. The molecule has 0 radical (unpaired) electrons. The third kappa shape index (κ3) is 6.67. The van der Waals surface area contributed by atoms with Gasteiger partial charge >= 0.3 is 0 Å². The van der Waals surface area contributed by atoms with E-state index in [1.807, 2.05) is 12.1 Å². The van der Waals surface area contributed by atoms with Gasteiger partial charge in [-0.3, -0.25) is 9.59 Å². The summed E-state index contributed by atoms with van der Waals surface area (Å²) in [5, 5.41) is 45.6. The summed E-state index contributed by atoms with van der Waals surface area (Å²) in [6.07, 6.45) is 0.0696. The van der Waals surface area contributed by atoms with E-state index in [1.54, 1.807) is 13.8 Å². The van der Waals surface area contributed by atoms with Crippen LogP contribution in [0.15, 0.2) is 48.5 Å². The van der Waals surface area contributed by atoms with Crippen molar-refractivity contribution in [1.29, 1.82) is 0 Å². The Morgan fingerprint density at radius 3 is 1.51 bits per heavy atom. The highest BCUT2D eigenvalue weighted by Crippen LogP contribution is 2.42. The van der Waals surface area contributed by atoms with Crippen LogP contribution in [0.1, 0.15) is 121 Å². The first-order valence-corrected chi connectivity index (χ1v) is 16.6. The molecule has 0 saturated heterocycles. The number of fused-ring (bicyclic) bond motifs is 1. The molecule has 5 N–H and O–H groups in total. The molecule has 0 atom stereocenters. The molecule has 5 aromatic rings. The third-order valence-corrected chi connectivity index (χ3v) is 9.58. The fourth-order valence-electron chi connectivity index (χ4n) is 6.45. The summed E-state index contributed by atoms with van der Waals surface area (Å²) in [6.45, 7) is 19.3. The first-order valence-electron chi connectivity index (χ1n) is 16.6. The third-order valence-electron chi connectivity index (χ3n) is 9.58. The lowest BCUT2D eigenvalue weighted by atomic mass is 9.79. The second kappa shape index (κ2) is 12.4. The number of phenolic OH excluding ortho intramolecular Hbond substituents is 4. The Morgan fingerprint density at radius 2 is 1.06 bits per heavy atom. The Hall–Kier alpha value is -5.04. The van der Waals surface area contributed by atoms with Crippen LogP contribution >= 0.6 is 0 Å². The van der Waals surface area contributed by atoms with Gasteiger partial charge < -0.3 is 25.4 Å². The number of hydrogen-bond acceptors (Lipinski definition) is 6. The molecule has 0 amide bonds. The van der Waals surface area contributed by atoms with Crippen LogP contribution in [0.25, 0.3) is 22.0 Å². The average molecular weight is 662 g/mol. The number of aromatic hydroxyl groups is 4. The van der Waals surface area contributed by atoms with Crippen LogP contribution in [0.5, 0.6) is 23.0 Å². The maximum absolute atomic E-state index is 12.5. The number of aryl methyl sites for hydroxylation is 2. The molecule has 49 heavy (non-hydrogen) atoms. The number of carbonyl (C=O) groups excluding carboxylic acids is 2. The molecule has 0 spiro atoms. The molecular formula is C42H47NO6. The second-order valence-electron chi connectivity index (χ2n) is 15.4. The molecule has 256 valence electrons. The summed E-state index contributed by atoms with van der Waals surface area (Å²) < 4.78 is 0. The lowest BCUT2D eigenvalue weighted by Crippen LogP contribution is -2.16. The molecule has 4 aromatic carbocycles. The number of phenols is 4. The van der Waals surface area contributed by atoms with Crippen LogP contribution in [0.2, 0.25) is 0 Å². The van der Waals surface area contributed by atoms with Crippen LogP contribution in [-0.4, -0.2) is 37.0 Å². The van der Waals surface area contributed by atoms with Crippen LogP contribution < -0.4 is 0 Å². The van der Waals surface area contributed by atoms with Gasteiger partial charge in [0.2, 0.25) is 0 Å². The summed E-state index contributed by atoms with van der Waals surface area (Å²) in [6, 6.07) is 15.8. The van der Waals surface area contributed by atoms with Gasteiger partial charge in [-0.05, 0) is 102 Å². The number of H-pyrrole nitrogens is 1. The SMILES string of the molecule is CC(=O)c1cc(C)c(O)c(Cc2[nH]c3ccc(-c4cc(C(C)(C)C)cc(C(C)(C)C)c4)cc3c2Cc2c(O)c(C)cc(C(C)=O)c2O)c1O. The smallest absolute Gasteiger partial charge is 0.163 e. The van der Waals surface area contributed by atoms with Crippen molar-refractivity contribution in [2.75, 3.05) is 0 Å².